The lowest BCUT2D eigenvalue weighted by atomic mass is 10.1. The van der Waals surface area contributed by atoms with Crippen LogP contribution in [0.3, 0.4) is 0 Å². The molecule has 120 valence electrons. The predicted octanol–water partition coefficient (Wildman–Crippen LogP) is 1.35. The minimum atomic E-state index is -1.03. The van der Waals surface area contributed by atoms with Gasteiger partial charge in [0.25, 0.3) is 0 Å². The van der Waals surface area contributed by atoms with Gasteiger partial charge in [0.15, 0.2) is 0 Å². The van der Waals surface area contributed by atoms with Crippen LogP contribution < -0.4 is 0 Å². The van der Waals surface area contributed by atoms with Gasteiger partial charge >= 0.3 is 5.97 Å². The minimum Gasteiger partial charge on any atom is -0.480 e. The highest BCUT2D eigenvalue weighted by Crippen LogP contribution is 2.25. The predicted molar refractivity (Wildman–Crippen MR) is 78.7 cm³/mol. The SMILES string of the molecule is CCC(CC)N1CC(C(=O)N(CC(=O)O)C(C)C)CC1=O. The first-order valence-corrected chi connectivity index (χ1v) is 7.63. The van der Waals surface area contributed by atoms with E-state index in [9.17, 15) is 14.4 Å². The number of carbonyl (C=O) groups is 3. The van der Waals surface area contributed by atoms with Crippen molar-refractivity contribution < 1.29 is 19.5 Å². The molecule has 0 aliphatic carbocycles. The summed E-state index contributed by atoms with van der Waals surface area (Å²) in [7, 11) is 0. The normalized spacial score (nSPS) is 18.7. The number of rotatable bonds is 7. The number of hydrogen-bond donors (Lipinski definition) is 1. The first kappa shape index (κ1) is 17.5. The fourth-order valence-corrected chi connectivity index (χ4v) is 2.87. The molecule has 1 saturated heterocycles. The second kappa shape index (κ2) is 7.43. The molecule has 0 aromatic rings. The van der Waals surface area contributed by atoms with Crippen molar-refractivity contribution in [2.75, 3.05) is 13.1 Å². The molecule has 1 heterocycles. The van der Waals surface area contributed by atoms with Gasteiger partial charge < -0.3 is 14.9 Å². The molecule has 1 N–H and O–H groups in total. The molecule has 0 radical (unpaired) electrons. The summed E-state index contributed by atoms with van der Waals surface area (Å²) >= 11 is 0. The minimum absolute atomic E-state index is 0.00100. The van der Waals surface area contributed by atoms with Gasteiger partial charge in [-0.2, -0.15) is 0 Å². The first-order valence-electron chi connectivity index (χ1n) is 7.63. The van der Waals surface area contributed by atoms with E-state index in [0.29, 0.717) is 6.54 Å². The summed E-state index contributed by atoms with van der Waals surface area (Å²) in [6.45, 7) is 7.73. The maximum absolute atomic E-state index is 12.5. The lowest BCUT2D eigenvalue weighted by Gasteiger charge is -2.29. The lowest BCUT2D eigenvalue weighted by molar-refractivity contribution is -0.147. The number of carboxylic acids is 1. The molecule has 0 aromatic carbocycles. The third-order valence-electron chi connectivity index (χ3n) is 4.10. The van der Waals surface area contributed by atoms with E-state index in [-0.39, 0.29) is 36.9 Å². The van der Waals surface area contributed by atoms with Gasteiger partial charge in [-0.25, -0.2) is 0 Å². The Balaban J connectivity index is 2.79. The van der Waals surface area contributed by atoms with Crippen LogP contribution >= 0.6 is 0 Å². The molecule has 1 aliphatic heterocycles. The third-order valence-corrected chi connectivity index (χ3v) is 4.10. The van der Waals surface area contributed by atoms with Crippen molar-refractivity contribution in [3.05, 3.63) is 0 Å². The average molecular weight is 298 g/mol. The maximum Gasteiger partial charge on any atom is 0.323 e. The Labute approximate surface area is 126 Å². The molecule has 1 atom stereocenters. The number of carboxylic acid groups (broad SMARTS) is 1. The summed E-state index contributed by atoms with van der Waals surface area (Å²) < 4.78 is 0. The molecule has 2 amide bonds. The highest BCUT2D eigenvalue weighted by molar-refractivity contribution is 5.90. The van der Waals surface area contributed by atoms with Gasteiger partial charge in [-0.15, -0.1) is 0 Å². The lowest BCUT2D eigenvalue weighted by Crippen LogP contribution is -2.45. The number of amides is 2. The van der Waals surface area contributed by atoms with Crippen molar-refractivity contribution >= 4 is 17.8 Å². The van der Waals surface area contributed by atoms with Gasteiger partial charge in [-0.3, -0.25) is 14.4 Å². The van der Waals surface area contributed by atoms with E-state index >= 15 is 0 Å². The number of nitrogens with zero attached hydrogens (tertiary/aromatic N) is 2. The number of likely N-dealkylation sites (tertiary alicyclic amines) is 1. The molecule has 0 aromatic heterocycles. The van der Waals surface area contributed by atoms with Crippen LogP contribution in [-0.2, 0) is 14.4 Å². The van der Waals surface area contributed by atoms with Crippen molar-refractivity contribution in [1.82, 2.24) is 9.80 Å². The molecule has 1 rings (SSSR count). The molecule has 0 bridgehead atoms. The van der Waals surface area contributed by atoms with Crippen LogP contribution in [-0.4, -0.2) is 57.9 Å². The quantitative estimate of drug-likeness (QED) is 0.769. The van der Waals surface area contributed by atoms with Crippen LogP contribution in [0.15, 0.2) is 0 Å². The van der Waals surface area contributed by atoms with Crippen LogP contribution in [0.1, 0.15) is 47.0 Å². The number of carbonyl (C=O) groups excluding carboxylic acids is 2. The van der Waals surface area contributed by atoms with Crippen molar-refractivity contribution in [3.8, 4) is 0 Å². The fourth-order valence-electron chi connectivity index (χ4n) is 2.87. The summed E-state index contributed by atoms with van der Waals surface area (Å²) in [6.07, 6.45) is 1.93. The summed E-state index contributed by atoms with van der Waals surface area (Å²) in [6, 6.07) is -0.0202. The number of hydrogen-bond acceptors (Lipinski definition) is 3. The third kappa shape index (κ3) is 4.19. The zero-order valence-corrected chi connectivity index (χ0v) is 13.3. The van der Waals surface area contributed by atoms with Gasteiger partial charge in [-0.1, -0.05) is 13.8 Å². The maximum atomic E-state index is 12.5. The average Bonchev–Trinajstić information content (AvgIpc) is 2.79. The number of aliphatic carboxylic acids is 1. The van der Waals surface area contributed by atoms with E-state index in [4.69, 9.17) is 5.11 Å². The van der Waals surface area contributed by atoms with Crippen molar-refractivity contribution in [2.45, 2.75) is 59.0 Å². The largest absolute Gasteiger partial charge is 0.480 e. The van der Waals surface area contributed by atoms with Crippen molar-refractivity contribution in [3.63, 3.8) is 0 Å². The molecule has 1 unspecified atom stereocenters. The highest BCUT2D eigenvalue weighted by atomic mass is 16.4. The Bertz CT molecular complexity index is 404. The van der Waals surface area contributed by atoms with E-state index in [0.717, 1.165) is 12.8 Å². The molecule has 0 spiro atoms. The van der Waals surface area contributed by atoms with Crippen LogP contribution in [0.4, 0.5) is 0 Å². The van der Waals surface area contributed by atoms with E-state index < -0.39 is 11.9 Å². The van der Waals surface area contributed by atoms with Crippen LogP contribution in [0.5, 0.6) is 0 Å². The Morgan fingerprint density at radius 3 is 2.33 bits per heavy atom. The summed E-state index contributed by atoms with van der Waals surface area (Å²) in [5.74, 6) is -1.67. The van der Waals surface area contributed by atoms with Crippen molar-refractivity contribution in [2.24, 2.45) is 5.92 Å². The summed E-state index contributed by atoms with van der Waals surface area (Å²) in [5, 5.41) is 8.92. The molecule has 0 saturated carbocycles. The van der Waals surface area contributed by atoms with Gasteiger partial charge in [0.05, 0.1) is 5.92 Å². The van der Waals surface area contributed by atoms with Crippen LogP contribution in [0.25, 0.3) is 0 Å². The molecule has 1 fully saturated rings. The smallest absolute Gasteiger partial charge is 0.323 e. The second-order valence-electron chi connectivity index (χ2n) is 5.87. The summed E-state index contributed by atoms with van der Waals surface area (Å²) in [5.41, 5.74) is 0. The van der Waals surface area contributed by atoms with E-state index in [1.807, 2.05) is 13.8 Å². The van der Waals surface area contributed by atoms with Crippen LogP contribution in [0.2, 0.25) is 0 Å². The molecule has 21 heavy (non-hydrogen) atoms. The first-order chi connectivity index (χ1) is 9.81. The van der Waals surface area contributed by atoms with Gasteiger partial charge in [0.1, 0.15) is 6.54 Å². The van der Waals surface area contributed by atoms with Gasteiger partial charge in [-0.05, 0) is 26.7 Å². The molecular weight excluding hydrogens is 272 g/mol. The highest BCUT2D eigenvalue weighted by Gasteiger charge is 2.39. The summed E-state index contributed by atoms with van der Waals surface area (Å²) in [4.78, 5) is 38.6. The Hall–Kier alpha value is -1.59. The second-order valence-corrected chi connectivity index (χ2v) is 5.87. The zero-order valence-electron chi connectivity index (χ0n) is 13.3. The molecule has 1 aliphatic rings. The van der Waals surface area contributed by atoms with E-state index in [1.165, 1.54) is 4.90 Å². The molecular formula is C15H26N2O4. The van der Waals surface area contributed by atoms with Crippen molar-refractivity contribution in [1.29, 1.82) is 0 Å². The monoisotopic (exact) mass is 298 g/mol. The zero-order chi connectivity index (χ0) is 16.2. The van der Waals surface area contributed by atoms with Gasteiger partial charge in [0.2, 0.25) is 11.8 Å². The Morgan fingerprint density at radius 2 is 1.90 bits per heavy atom. The van der Waals surface area contributed by atoms with Crippen LogP contribution in [0, 0.1) is 5.92 Å². The molecule has 6 heteroatoms. The standard InChI is InChI=1S/C15H26N2O4/c1-5-12(6-2)17-8-11(7-13(17)18)15(21)16(10(3)4)9-14(19)20/h10-12H,5-9H2,1-4H3,(H,19,20). The van der Waals surface area contributed by atoms with E-state index in [2.05, 4.69) is 0 Å². The topological polar surface area (TPSA) is 77.9 Å². The fraction of sp³-hybridized carbons (Fsp3) is 0.800. The van der Waals surface area contributed by atoms with E-state index in [1.54, 1.807) is 18.7 Å². The molecule has 6 nitrogen and oxygen atoms in total. The van der Waals surface area contributed by atoms with Gasteiger partial charge in [0, 0.05) is 25.0 Å². The Kier molecular flexibility index (Phi) is 6.18. The Morgan fingerprint density at radius 1 is 1.33 bits per heavy atom.